The second-order valence-electron chi connectivity index (χ2n) is 5.99. The molecule has 21 heavy (non-hydrogen) atoms. The molecule has 2 aliphatic heterocycles. The molecule has 0 aromatic carbocycles. The summed E-state index contributed by atoms with van der Waals surface area (Å²) in [4.78, 5) is 23.3. The number of amides is 1. The van der Waals surface area contributed by atoms with Gasteiger partial charge in [-0.3, -0.25) is 4.79 Å². The maximum atomic E-state index is 12.5. The van der Waals surface area contributed by atoms with E-state index in [1.165, 1.54) is 0 Å². The third kappa shape index (κ3) is 3.16. The molecule has 1 aromatic heterocycles. The van der Waals surface area contributed by atoms with Gasteiger partial charge in [-0.15, -0.1) is 0 Å². The van der Waals surface area contributed by atoms with Gasteiger partial charge in [0.2, 0.25) is 0 Å². The van der Waals surface area contributed by atoms with Gasteiger partial charge < -0.3 is 20.4 Å². The molecule has 2 saturated heterocycles. The standard InChI is InChI=1S/C15H23N5O/c1-18-6-8-19(9-7-18)14-10-12(2-4-17-14)15(21)20-5-3-13(16)11-20/h2,4,10,13H,3,5-9,11,16H2,1H3/t13-/m1/s1. The van der Waals surface area contributed by atoms with Crippen molar-refractivity contribution in [1.82, 2.24) is 14.8 Å². The van der Waals surface area contributed by atoms with Crippen molar-refractivity contribution < 1.29 is 4.79 Å². The molecule has 2 N–H and O–H groups in total. The van der Waals surface area contributed by atoms with Gasteiger partial charge in [-0.1, -0.05) is 0 Å². The quantitative estimate of drug-likeness (QED) is 0.830. The van der Waals surface area contributed by atoms with E-state index in [4.69, 9.17) is 5.73 Å². The number of aromatic nitrogens is 1. The minimum Gasteiger partial charge on any atom is -0.354 e. The van der Waals surface area contributed by atoms with E-state index in [1.54, 1.807) is 12.3 Å². The molecule has 6 nitrogen and oxygen atoms in total. The molecule has 2 aliphatic rings. The average Bonchev–Trinajstić information content (AvgIpc) is 2.94. The molecule has 0 spiro atoms. The van der Waals surface area contributed by atoms with E-state index in [0.29, 0.717) is 12.1 Å². The summed E-state index contributed by atoms with van der Waals surface area (Å²) >= 11 is 0. The number of hydrogen-bond acceptors (Lipinski definition) is 5. The zero-order chi connectivity index (χ0) is 14.8. The van der Waals surface area contributed by atoms with Crippen LogP contribution in [-0.4, -0.2) is 73.0 Å². The molecule has 0 bridgehead atoms. The lowest BCUT2D eigenvalue weighted by molar-refractivity contribution is 0.0791. The van der Waals surface area contributed by atoms with Crippen LogP contribution < -0.4 is 10.6 Å². The zero-order valence-electron chi connectivity index (χ0n) is 12.5. The Bertz CT molecular complexity index is 513. The highest BCUT2D eigenvalue weighted by Crippen LogP contribution is 2.18. The van der Waals surface area contributed by atoms with E-state index in [-0.39, 0.29) is 11.9 Å². The summed E-state index contributed by atoms with van der Waals surface area (Å²) in [6.45, 7) is 5.38. The minimum absolute atomic E-state index is 0.0701. The Hall–Kier alpha value is -1.66. The molecule has 3 rings (SSSR count). The van der Waals surface area contributed by atoms with Crippen LogP contribution in [0.3, 0.4) is 0 Å². The van der Waals surface area contributed by atoms with Gasteiger partial charge in [0.05, 0.1) is 0 Å². The molecule has 1 aromatic rings. The molecule has 1 amide bonds. The Morgan fingerprint density at radius 3 is 2.71 bits per heavy atom. The Morgan fingerprint density at radius 1 is 1.29 bits per heavy atom. The van der Waals surface area contributed by atoms with Gasteiger partial charge in [0.15, 0.2) is 0 Å². The van der Waals surface area contributed by atoms with E-state index in [2.05, 4.69) is 21.8 Å². The second-order valence-corrected chi connectivity index (χ2v) is 5.99. The Morgan fingerprint density at radius 2 is 2.05 bits per heavy atom. The number of rotatable bonds is 2. The number of carbonyl (C=O) groups is 1. The molecular weight excluding hydrogens is 266 g/mol. The van der Waals surface area contributed by atoms with E-state index >= 15 is 0 Å². The predicted molar refractivity (Wildman–Crippen MR) is 82.4 cm³/mol. The fourth-order valence-electron chi connectivity index (χ4n) is 2.91. The van der Waals surface area contributed by atoms with Crippen molar-refractivity contribution >= 4 is 11.7 Å². The van der Waals surface area contributed by atoms with E-state index in [9.17, 15) is 4.79 Å². The normalized spacial score (nSPS) is 23.6. The van der Waals surface area contributed by atoms with Crippen molar-refractivity contribution in [2.24, 2.45) is 5.73 Å². The van der Waals surface area contributed by atoms with Crippen LogP contribution in [0.4, 0.5) is 5.82 Å². The summed E-state index contributed by atoms with van der Waals surface area (Å²) < 4.78 is 0. The Labute approximate surface area is 125 Å². The molecule has 0 aliphatic carbocycles. The van der Waals surface area contributed by atoms with E-state index in [0.717, 1.165) is 45.0 Å². The number of nitrogens with zero attached hydrogens (tertiary/aromatic N) is 4. The highest BCUT2D eigenvalue weighted by molar-refractivity contribution is 5.95. The first kappa shape index (κ1) is 14.3. The third-order valence-electron chi connectivity index (χ3n) is 4.33. The summed E-state index contributed by atoms with van der Waals surface area (Å²) in [5.74, 6) is 0.971. The summed E-state index contributed by atoms with van der Waals surface area (Å²) in [6, 6.07) is 3.83. The van der Waals surface area contributed by atoms with Crippen molar-refractivity contribution in [3.63, 3.8) is 0 Å². The van der Waals surface area contributed by atoms with Gasteiger partial charge in [-0.2, -0.15) is 0 Å². The average molecular weight is 289 g/mol. The number of likely N-dealkylation sites (N-methyl/N-ethyl adjacent to an activating group) is 1. The summed E-state index contributed by atoms with van der Waals surface area (Å²) in [5, 5.41) is 0. The van der Waals surface area contributed by atoms with Crippen LogP contribution in [0.5, 0.6) is 0 Å². The summed E-state index contributed by atoms with van der Waals surface area (Å²) in [5.41, 5.74) is 6.60. The first-order valence-corrected chi connectivity index (χ1v) is 7.58. The second kappa shape index (κ2) is 5.99. The van der Waals surface area contributed by atoms with Crippen LogP contribution >= 0.6 is 0 Å². The first-order chi connectivity index (χ1) is 10.1. The highest BCUT2D eigenvalue weighted by Gasteiger charge is 2.25. The zero-order valence-corrected chi connectivity index (χ0v) is 12.5. The van der Waals surface area contributed by atoms with Crippen molar-refractivity contribution in [2.45, 2.75) is 12.5 Å². The largest absolute Gasteiger partial charge is 0.354 e. The van der Waals surface area contributed by atoms with Crippen molar-refractivity contribution in [1.29, 1.82) is 0 Å². The Balaban J connectivity index is 1.72. The molecule has 0 radical (unpaired) electrons. The number of likely N-dealkylation sites (tertiary alicyclic amines) is 1. The fraction of sp³-hybridized carbons (Fsp3) is 0.600. The van der Waals surface area contributed by atoms with Gasteiger partial charge >= 0.3 is 0 Å². The maximum absolute atomic E-state index is 12.5. The smallest absolute Gasteiger partial charge is 0.254 e. The van der Waals surface area contributed by atoms with Gasteiger partial charge in [0.25, 0.3) is 5.91 Å². The van der Waals surface area contributed by atoms with E-state index < -0.39 is 0 Å². The molecule has 6 heteroatoms. The number of pyridine rings is 1. The van der Waals surface area contributed by atoms with Crippen LogP contribution in [0, 0.1) is 0 Å². The number of nitrogens with two attached hydrogens (primary N) is 1. The van der Waals surface area contributed by atoms with Crippen LogP contribution in [0.1, 0.15) is 16.8 Å². The SMILES string of the molecule is CN1CCN(c2cc(C(=O)N3CC[C@@H](N)C3)ccn2)CC1. The first-order valence-electron chi connectivity index (χ1n) is 7.58. The lowest BCUT2D eigenvalue weighted by atomic mass is 10.2. The molecule has 0 saturated carbocycles. The summed E-state index contributed by atoms with van der Waals surface area (Å²) in [6.07, 6.45) is 2.62. The molecule has 2 fully saturated rings. The molecular formula is C15H23N5O. The van der Waals surface area contributed by atoms with Crippen molar-refractivity contribution in [3.8, 4) is 0 Å². The van der Waals surface area contributed by atoms with Crippen LogP contribution in [-0.2, 0) is 0 Å². The topological polar surface area (TPSA) is 65.7 Å². The third-order valence-corrected chi connectivity index (χ3v) is 4.33. The molecule has 0 unspecified atom stereocenters. The van der Waals surface area contributed by atoms with Crippen LogP contribution in [0.25, 0.3) is 0 Å². The molecule has 3 heterocycles. The van der Waals surface area contributed by atoms with Gasteiger partial charge in [0.1, 0.15) is 5.82 Å². The lowest BCUT2D eigenvalue weighted by Crippen LogP contribution is -2.44. The Kier molecular flexibility index (Phi) is 4.07. The predicted octanol–water partition coefficient (Wildman–Crippen LogP) is 0.00660. The minimum atomic E-state index is 0.0701. The van der Waals surface area contributed by atoms with Crippen molar-refractivity contribution in [3.05, 3.63) is 23.9 Å². The van der Waals surface area contributed by atoms with Crippen molar-refractivity contribution in [2.75, 3.05) is 51.2 Å². The number of anilines is 1. The number of piperazine rings is 1. The fourth-order valence-corrected chi connectivity index (χ4v) is 2.91. The number of hydrogen-bond donors (Lipinski definition) is 1. The van der Waals surface area contributed by atoms with Gasteiger partial charge in [0, 0.05) is 57.1 Å². The van der Waals surface area contributed by atoms with E-state index in [1.807, 2.05) is 11.0 Å². The molecule has 1 atom stereocenters. The highest BCUT2D eigenvalue weighted by atomic mass is 16.2. The maximum Gasteiger partial charge on any atom is 0.254 e. The lowest BCUT2D eigenvalue weighted by Gasteiger charge is -2.33. The van der Waals surface area contributed by atoms with Crippen LogP contribution in [0.15, 0.2) is 18.3 Å². The molecule has 114 valence electrons. The monoisotopic (exact) mass is 289 g/mol. The number of carbonyl (C=O) groups excluding carboxylic acids is 1. The van der Waals surface area contributed by atoms with Gasteiger partial charge in [-0.25, -0.2) is 4.98 Å². The van der Waals surface area contributed by atoms with Gasteiger partial charge in [-0.05, 0) is 25.6 Å². The summed E-state index contributed by atoms with van der Waals surface area (Å²) in [7, 11) is 2.13. The van der Waals surface area contributed by atoms with Crippen LogP contribution in [0.2, 0.25) is 0 Å².